The Hall–Kier alpha value is -1.71. The number of hydrogen-bond acceptors (Lipinski definition) is 4. The molecule has 0 aromatic heterocycles. The Bertz CT molecular complexity index is 426. The Morgan fingerprint density at radius 1 is 1.44 bits per heavy atom. The van der Waals surface area contributed by atoms with Crippen LogP contribution in [0.2, 0.25) is 0 Å². The third-order valence-electron chi connectivity index (χ3n) is 2.57. The van der Waals surface area contributed by atoms with Gasteiger partial charge >= 0.3 is 0 Å². The Morgan fingerprint density at radius 2 is 2.06 bits per heavy atom. The van der Waals surface area contributed by atoms with Crippen LogP contribution in [0.3, 0.4) is 0 Å². The van der Waals surface area contributed by atoms with E-state index in [0.717, 1.165) is 5.56 Å². The van der Waals surface area contributed by atoms with Gasteiger partial charge in [-0.1, -0.05) is 6.92 Å². The Kier molecular flexibility index (Phi) is 3.77. The highest BCUT2D eigenvalue weighted by Gasteiger charge is 2.15. The average molecular weight is 222 g/mol. The number of aryl methyl sites for hydroxylation is 1. The fourth-order valence-corrected chi connectivity index (χ4v) is 1.85. The van der Waals surface area contributed by atoms with Gasteiger partial charge in [0.05, 0.1) is 5.71 Å². The summed E-state index contributed by atoms with van der Waals surface area (Å²) < 4.78 is 0. The van der Waals surface area contributed by atoms with E-state index in [0.29, 0.717) is 23.3 Å². The van der Waals surface area contributed by atoms with E-state index in [1.807, 2.05) is 20.8 Å². The maximum absolute atomic E-state index is 10.1. The van der Waals surface area contributed by atoms with Crippen LogP contribution in [-0.2, 0) is 6.42 Å². The molecular formula is C12H18N2O2. The predicted octanol–water partition coefficient (Wildman–Crippen LogP) is 1.91. The van der Waals surface area contributed by atoms with Crippen LogP contribution in [0.5, 0.6) is 11.5 Å². The second-order valence-corrected chi connectivity index (χ2v) is 3.69. The molecule has 4 nitrogen and oxygen atoms in total. The number of hydrazone groups is 1. The molecule has 0 aliphatic carbocycles. The van der Waals surface area contributed by atoms with Crippen molar-refractivity contribution in [3.63, 3.8) is 0 Å². The van der Waals surface area contributed by atoms with Crippen molar-refractivity contribution < 1.29 is 10.2 Å². The number of benzene rings is 1. The Balaban J connectivity index is 3.45. The third-order valence-corrected chi connectivity index (χ3v) is 2.57. The minimum Gasteiger partial charge on any atom is -0.508 e. The Labute approximate surface area is 95.6 Å². The van der Waals surface area contributed by atoms with Crippen molar-refractivity contribution >= 4 is 5.71 Å². The molecule has 16 heavy (non-hydrogen) atoms. The van der Waals surface area contributed by atoms with E-state index in [-0.39, 0.29) is 11.5 Å². The minimum absolute atomic E-state index is 0.122. The van der Waals surface area contributed by atoms with Crippen molar-refractivity contribution in [2.24, 2.45) is 5.10 Å². The fraction of sp³-hybridized carbons (Fsp3) is 0.417. The topological polar surface area (TPSA) is 64.9 Å². The van der Waals surface area contributed by atoms with Crippen molar-refractivity contribution in [3.05, 3.63) is 22.8 Å². The van der Waals surface area contributed by atoms with E-state index in [4.69, 9.17) is 0 Å². The number of phenols is 2. The number of hydrogen-bond donors (Lipinski definition) is 3. The van der Waals surface area contributed by atoms with Crippen molar-refractivity contribution in [3.8, 4) is 11.5 Å². The van der Waals surface area contributed by atoms with Crippen LogP contribution >= 0.6 is 0 Å². The van der Waals surface area contributed by atoms with Gasteiger partial charge in [0.15, 0.2) is 0 Å². The molecule has 1 rings (SSSR count). The zero-order chi connectivity index (χ0) is 12.3. The molecule has 0 amide bonds. The van der Waals surface area contributed by atoms with Crippen molar-refractivity contribution in [1.82, 2.24) is 5.43 Å². The van der Waals surface area contributed by atoms with Crippen LogP contribution in [0.25, 0.3) is 0 Å². The summed E-state index contributed by atoms with van der Waals surface area (Å²) in [6.45, 7) is 5.54. The predicted molar refractivity (Wildman–Crippen MR) is 65.2 cm³/mol. The van der Waals surface area contributed by atoms with Crippen LogP contribution in [0, 0.1) is 6.92 Å². The van der Waals surface area contributed by atoms with E-state index in [2.05, 4.69) is 10.5 Å². The van der Waals surface area contributed by atoms with Gasteiger partial charge in [0.1, 0.15) is 11.5 Å². The highest BCUT2D eigenvalue weighted by atomic mass is 16.3. The molecule has 0 spiro atoms. The average Bonchev–Trinajstić information content (AvgIpc) is 2.17. The molecule has 0 heterocycles. The van der Waals surface area contributed by atoms with E-state index in [9.17, 15) is 10.2 Å². The number of aromatic hydroxyl groups is 2. The lowest BCUT2D eigenvalue weighted by molar-refractivity contribution is 0.438. The minimum atomic E-state index is 0.122. The first-order valence-corrected chi connectivity index (χ1v) is 5.28. The second-order valence-electron chi connectivity index (χ2n) is 3.69. The SMILES string of the molecule is CCc1c(O)cc(C)c(/C(C)=N/NC)c1O. The van der Waals surface area contributed by atoms with Gasteiger partial charge in [-0.05, 0) is 31.9 Å². The normalized spacial score (nSPS) is 11.6. The molecule has 0 saturated carbocycles. The number of rotatable bonds is 3. The lowest BCUT2D eigenvalue weighted by atomic mass is 9.97. The number of nitrogens with one attached hydrogen (secondary N) is 1. The van der Waals surface area contributed by atoms with E-state index in [1.165, 1.54) is 0 Å². The standard InChI is InChI=1S/C12H18N2O2/c1-5-9-10(15)6-7(2)11(12(9)16)8(3)14-13-4/h6,13,15-16H,5H2,1-4H3/b14-8+. The summed E-state index contributed by atoms with van der Waals surface area (Å²) in [5.74, 6) is 0.259. The van der Waals surface area contributed by atoms with E-state index >= 15 is 0 Å². The summed E-state index contributed by atoms with van der Waals surface area (Å²) in [6.07, 6.45) is 0.581. The highest BCUT2D eigenvalue weighted by molar-refractivity contribution is 6.02. The molecule has 0 unspecified atom stereocenters. The smallest absolute Gasteiger partial charge is 0.131 e. The van der Waals surface area contributed by atoms with Gasteiger partial charge in [0.25, 0.3) is 0 Å². The molecule has 0 fully saturated rings. The molecule has 88 valence electrons. The molecule has 0 aliphatic heterocycles. The lowest BCUT2D eigenvalue weighted by Crippen LogP contribution is -2.06. The van der Waals surface area contributed by atoms with Gasteiger partial charge in [0, 0.05) is 18.2 Å². The zero-order valence-electron chi connectivity index (χ0n) is 10.1. The van der Waals surface area contributed by atoms with Crippen LogP contribution in [0.15, 0.2) is 11.2 Å². The van der Waals surface area contributed by atoms with Crippen molar-refractivity contribution in [1.29, 1.82) is 0 Å². The molecule has 0 aliphatic rings. The summed E-state index contributed by atoms with van der Waals surface area (Å²) in [4.78, 5) is 0. The summed E-state index contributed by atoms with van der Waals surface area (Å²) >= 11 is 0. The maximum Gasteiger partial charge on any atom is 0.131 e. The van der Waals surface area contributed by atoms with Crippen molar-refractivity contribution in [2.45, 2.75) is 27.2 Å². The summed E-state index contributed by atoms with van der Waals surface area (Å²) in [7, 11) is 1.71. The van der Waals surface area contributed by atoms with Crippen LogP contribution < -0.4 is 5.43 Å². The van der Waals surface area contributed by atoms with Gasteiger partial charge in [-0.25, -0.2) is 0 Å². The zero-order valence-corrected chi connectivity index (χ0v) is 10.1. The quantitative estimate of drug-likeness (QED) is 0.540. The summed E-state index contributed by atoms with van der Waals surface area (Å²) in [5, 5.41) is 23.8. The van der Waals surface area contributed by atoms with Crippen LogP contribution in [0.1, 0.15) is 30.5 Å². The molecule has 0 bridgehead atoms. The lowest BCUT2D eigenvalue weighted by Gasteiger charge is -2.13. The molecular weight excluding hydrogens is 204 g/mol. The molecule has 0 radical (unpaired) electrons. The van der Waals surface area contributed by atoms with Gasteiger partial charge in [-0.15, -0.1) is 0 Å². The van der Waals surface area contributed by atoms with Gasteiger partial charge in [0.2, 0.25) is 0 Å². The largest absolute Gasteiger partial charge is 0.508 e. The monoisotopic (exact) mass is 222 g/mol. The highest BCUT2D eigenvalue weighted by Crippen LogP contribution is 2.34. The summed E-state index contributed by atoms with van der Waals surface area (Å²) in [6, 6.07) is 1.66. The fourth-order valence-electron chi connectivity index (χ4n) is 1.85. The first-order valence-electron chi connectivity index (χ1n) is 5.28. The molecule has 3 N–H and O–H groups in total. The van der Waals surface area contributed by atoms with Gasteiger partial charge in [-0.2, -0.15) is 5.10 Å². The second kappa shape index (κ2) is 4.88. The molecule has 1 aromatic carbocycles. The first kappa shape index (κ1) is 12.4. The van der Waals surface area contributed by atoms with E-state index in [1.54, 1.807) is 13.1 Å². The summed E-state index contributed by atoms with van der Waals surface area (Å²) in [5.41, 5.74) is 5.44. The van der Waals surface area contributed by atoms with Crippen LogP contribution in [-0.4, -0.2) is 23.0 Å². The van der Waals surface area contributed by atoms with Crippen LogP contribution in [0.4, 0.5) is 0 Å². The molecule has 0 saturated heterocycles. The van der Waals surface area contributed by atoms with Crippen molar-refractivity contribution in [2.75, 3.05) is 7.05 Å². The van der Waals surface area contributed by atoms with Gasteiger partial charge < -0.3 is 15.6 Å². The molecule has 1 aromatic rings. The number of phenolic OH excluding ortho intramolecular Hbond substituents is 2. The third kappa shape index (κ3) is 2.10. The van der Waals surface area contributed by atoms with E-state index < -0.39 is 0 Å². The molecule has 4 heteroatoms. The van der Waals surface area contributed by atoms with Gasteiger partial charge in [-0.3, -0.25) is 0 Å². The Morgan fingerprint density at radius 3 is 2.56 bits per heavy atom. The maximum atomic E-state index is 10.1. The molecule has 0 atom stereocenters. The first-order chi connectivity index (χ1) is 7.52. The number of nitrogens with zero attached hydrogens (tertiary/aromatic N) is 1.